The molecule has 2 aliphatic rings. The third kappa shape index (κ3) is 2.25. The normalized spacial score (nSPS) is 27.2. The lowest BCUT2D eigenvalue weighted by Gasteiger charge is -2.19. The first kappa shape index (κ1) is 9.51. The van der Waals surface area contributed by atoms with Crippen LogP contribution in [0.2, 0.25) is 0 Å². The Morgan fingerprint density at radius 2 is 2.08 bits per heavy atom. The van der Waals surface area contributed by atoms with Gasteiger partial charge in [0.2, 0.25) is 0 Å². The van der Waals surface area contributed by atoms with Crippen LogP contribution in [0.15, 0.2) is 0 Å². The molecule has 0 saturated heterocycles. The summed E-state index contributed by atoms with van der Waals surface area (Å²) in [5.41, 5.74) is 0.780. The van der Waals surface area contributed by atoms with Crippen LogP contribution < -0.4 is 5.32 Å². The van der Waals surface area contributed by atoms with Crippen molar-refractivity contribution in [1.29, 1.82) is 0 Å². The molecule has 13 heavy (non-hydrogen) atoms. The van der Waals surface area contributed by atoms with Crippen molar-refractivity contribution in [3.63, 3.8) is 0 Å². The summed E-state index contributed by atoms with van der Waals surface area (Å²) in [6.07, 6.45) is 8.69. The van der Waals surface area contributed by atoms with Gasteiger partial charge < -0.3 is 5.32 Å². The molecule has 2 aliphatic carbocycles. The first-order valence-corrected chi connectivity index (χ1v) is 6.00. The summed E-state index contributed by atoms with van der Waals surface area (Å²) in [4.78, 5) is 0. The highest BCUT2D eigenvalue weighted by atomic mass is 14.9. The molecular formula is C12H23N. The van der Waals surface area contributed by atoms with Gasteiger partial charge in [0, 0.05) is 12.6 Å². The third-order valence-corrected chi connectivity index (χ3v) is 3.86. The van der Waals surface area contributed by atoms with Crippen molar-refractivity contribution < 1.29 is 0 Å². The zero-order valence-electron chi connectivity index (χ0n) is 9.10. The van der Waals surface area contributed by atoms with E-state index in [0.29, 0.717) is 0 Å². The van der Waals surface area contributed by atoms with E-state index in [0.717, 1.165) is 17.4 Å². The monoisotopic (exact) mass is 181 g/mol. The van der Waals surface area contributed by atoms with Crippen molar-refractivity contribution >= 4 is 0 Å². The van der Waals surface area contributed by atoms with E-state index in [1.807, 2.05) is 0 Å². The van der Waals surface area contributed by atoms with E-state index in [-0.39, 0.29) is 0 Å². The lowest BCUT2D eigenvalue weighted by molar-refractivity contribution is 0.370. The largest absolute Gasteiger partial charge is 0.314 e. The van der Waals surface area contributed by atoms with Gasteiger partial charge in [-0.25, -0.2) is 0 Å². The predicted molar refractivity (Wildman–Crippen MR) is 56.8 cm³/mol. The van der Waals surface area contributed by atoms with E-state index in [1.165, 1.54) is 45.1 Å². The van der Waals surface area contributed by atoms with Crippen LogP contribution in [0.25, 0.3) is 0 Å². The third-order valence-electron chi connectivity index (χ3n) is 3.86. The second kappa shape index (κ2) is 3.61. The molecule has 1 unspecified atom stereocenters. The Hall–Kier alpha value is -0.0400. The van der Waals surface area contributed by atoms with Crippen LogP contribution >= 0.6 is 0 Å². The summed E-state index contributed by atoms with van der Waals surface area (Å²) in [5.74, 6) is 1.11. The number of rotatable bonds is 6. The molecule has 0 bridgehead atoms. The zero-order valence-corrected chi connectivity index (χ0v) is 9.10. The average Bonchev–Trinajstić information content (AvgIpc) is 2.95. The molecular weight excluding hydrogens is 158 g/mol. The molecule has 2 fully saturated rings. The van der Waals surface area contributed by atoms with E-state index in [9.17, 15) is 0 Å². The topological polar surface area (TPSA) is 12.0 Å². The minimum atomic E-state index is 0.737. The van der Waals surface area contributed by atoms with Crippen molar-refractivity contribution in [2.45, 2.75) is 58.4 Å². The average molecular weight is 181 g/mol. The SMILES string of the molecule is CCCC(C)NCC1(C2CC2)CC1. The molecule has 0 aliphatic heterocycles. The summed E-state index contributed by atoms with van der Waals surface area (Å²) < 4.78 is 0. The van der Waals surface area contributed by atoms with Crippen LogP contribution in [0.4, 0.5) is 0 Å². The van der Waals surface area contributed by atoms with Gasteiger partial charge in [-0.2, -0.15) is 0 Å². The van der Waals surface area contributed by atoms with E-state index in [1.54, 1.807) is 0 Å². The first-order valence-electron chi connectivity index (χ1n) is 6.00. The van der Waals surface area contributed by atoms with Crippen LogP contribution in [-0.4, -0.2) is 12.6 Å². The quantitative estimate of drug-likeness (QED) is 0.664. The fourth-order valence-corrected chi connectivity index (χ4v) is 2.50. The Morgan fingerprint density at radius 3 is 2.54 bits per heavy atom. The van der Waals surface area contributed by atoms with E-state index in [2.05, 4.69) is 19.2 Å². The molecule has 0 amide bonds. The fraction of sp³-hybridized carbons (Fsp3) is 1.00. The molecule has 1 N–H and O–H groups in total. The highest BCUT2D eigenvalue weighted by Crippen LogP contribution is 2.60. The molecule has 2 rings (SSSR count). The van der Waals surface area contributed by atoms with Gasteiger partial charge in [-0.3, -0.25) is 0 Å². The van der Waals surface area contributed by atoms with Gasteiger partial charge in [-0.1, -0.05) is 13.3 Å². The number of hydrogen-bond donors (Lipinski definition) is 1. The van der Waals surface area contributed by atoms with Crippen molar-refractivity contribution in [2.75, 3.05) is 6.54 Å². The van der Waals surface area contributed by atoms with Crippen LogP contribution in [0.1, 0.15) is 52.4 Å². The zero-order chi connectivity index (χ0) is 9.31. The first-order chi connectivity index (χ1) is 6.27. The smallest absolute Gasteiger partial charge is 0.00388 e. The van der Waals surface area contributed by atoms with Gasteiger partial charge in [0.1, 0.15) is 0 Å². The van der Waals surface area contributed by atoms with Gasteiger partial charge in [-0.15, -0.1) is 0 Å². The minimum Gasteiger partial charge on any atom is -0.314 e. The molecule has 0 heterocycles. The van der Waals surface area contributed by atoms with Crippen LogP contribution in [0.3, 0.4) is 0 Å². The second-order valence-electron chi connectivity index (χ2n) is 5.21. The van der Waals surface area contributed by atoms with Gasteiger partial charge in [-0.05, 0) is 50.4 Å². The van der Waals surface area contributed by atoms with E-state index in [4.69, 9.17) is 0 Å². The maximum atomic E-state index is 3.71. The highest BCUT2D eigenvalue weighted by molar-refractivity contribution is 5.05. The van der Waals surface area contributed by atoms with Crippen LogP contribution in [-0.2, 0) is 0 Å². The molecule has 76 valence electrons. The van der Waals surface area contributed by atoms with E-state index >= 15 is 0 Å². The maximum absolute atomic E-state index is 3.71. The summed E-state index contributed by atoms with van der Waals surface area (Å²) in [5, 5.41) is 3.71. The summed E-state index contributed by atoms with van der Waals surface area (Å²) in [6.45, 7) is 5.90. The molecule has 0 spiro atoms. The molecule has 2 saturated carbocycles. The van der Waals surface area contributed by atoms with Crippen molar-refractivity contribution in [1.82, 2.24) is 5.32 Å². The summed E-state index contributed by atoms with van der Waals surface area (Å²) >= 11 is 0. The lowest BCUT2D eigenvalue weighted by atomic mass is 10.00. The maximum Gasteiger partial charge on any atom is 0.00388 e. The minimum absolute atomic E-state index is 0.737. The Morgan fingerprint density at radius 1 is 1.38 bits per heavy atom. The predicted octanol–water partition coefficient (Wildman–Crippen LogP) is 2.95. The van der Waals surface area contributed by atoms with Crippen molar-refractivity contribution in [3.05, 3.63) is 0 Å². The molecule has 0 aromatic heterocycles. The number of hydrogen-bond acceptors (Lipinski definition) is 1. The van der Waals surface area contributed by atoms with Crippen LogP contribution in [0.5, 0.6) is 0 Å². The highest BCUT2D eigenvalue weighted by Gasteiger charge is 2.53. The summed E-state index contributed by atoms with van der Waals surface area (Å²) in [7, 11) is 0. The van der Waals surface area contributed by atoms with Gasteiger partial charge in [0.05, 0.1) is 0 Å². The van der Waals surface area contributed by atoms with Gasteiger partial charge in [0.25, 0.3) is 0 Å². The van der Waals surface area contributed by atoms with Gasteiger partial charge in [0.15, 0.2) is 0 Å². The molecule has 0 aromatic carbocycles. The van der Waals surface area contributed by atoms with Crippen molar-refractivity contribution in [2.24, 2.45) is 11.3 Å². The molecule has 1 atom stereocenters. The Bertz CT molecular complexity index is 168. The second-order valence-corrected chi connectivity index (χ2v) is 5.21. The molecule has 1 heteroatoms. The fourth-order valence-electron chi connectivity index (χ4n) is 2.50. The van der Waals surface area contributed by atoms with Gasteiger partial charge >= 0.3 is 0 Å². The van der Waals surface area contributed by atoms with E-state index < -0.39 is 0 Å². The van der Waals surface area contributed by atoms with Crippen molar-refractivity contribution in [3.8, 4) is 0 Å². The molecule has 1 nitrogen and oxygen atoms in total. The Labute approximate surface area is 82.3 Å². The Balaban J connectivity index is 1.66. The molecule has 0 radical (unpaired) electrons. The standard InChI is InChI=1S/C12H23N/c1-3-4-10(2)13-9-12(7-8-12)11-5-6-11/h10-11,13H,3-9H2,1-2H3. The summed E-state index contributed by atoms with van der Waals surface area (Å²) in [6, 6.07) is 0.737. The van der Waals surface area contributed by atoms with Crippen LogP contribution in [0, 0.1) is 11.3 Å². The molecule has 0 aromatic rings. The lowest BCUT2D eigenvalue weighted by Crippen LogP contribution is -2.32. The Kier molecular flexibility index (Phi) is 2.64. The number of nitrogens with one attached hydrogen (secondary N) is 1.